The number of benzene rings is 2. The van der Waals surface area contributed by atoms with Crippen LogP contribution in [0.5, 0.6) is 0 Å². The largest absolute Gasteiger partial charge is 0.373 e. The maximum atomic E-state index is 5.87. The maximum Gasteiger partial charge on any atom is 0.108 e. The van der Waals surface area contributed by atoms with Gasteiger partial charge in [-0.15, -0.1) is 0 Å². The number of nitrogens with one attached hydrogen (secondary N) is 1. The van der Waals surface area contributed by atoms with Crippen LogP contribution in [0.4, 0.5) is 5.69 Å². The molecule has 0 aliphatic carbocycles. The van der Waals surface area contributed by atoms with Gasteiger partial charge in [0.25, 0.3) is 0 Å². The van der Waals surface area contributed by atoms with Crippen molar-refractivity contribution in [1.82, 2.24) is 4.57 Å². The topological polar surface area (TPSA) is 38.6 Å². The van der Waals surface area contributed by atoms with E-state index in [4.69, 9.17) is 9.73 Å². The second-order valence-corrected chi connectivity index (χ2v) is 7.25. The third kappa shape index (κ3) is 4.49. The Hall–Kier alpha value is -3.11. The fraction of sp³-hybridized carbons (Fsp3) is 0.240. The van der Waals surface area contributed by atoms with Crippen molar-refractivity contribution in [2.75, 3.05) is 18.6 Å². The lowest BCUT2D eigenvalue weighted by molar-refractivity contribution is 0.148. The minimum atomic E-state index is 0.517. The summed E-state index contributed by atoms with van der Waals surface area (Å²) in [4.78, 5) is 4.82. The molecule has 3 aromatic rings. The highest BCUT2D eigenvalue weighted by atomic mass is 16.5. The predicted octanol–water partition coefficient (Wildman–Crippen LogP) is 5.47. The first-order valence-electron chi connectivity index (χ1n) is 10.1. The number of aliphatic imine (C=N–C) groups is 1. The molecule has 0 saturated heterocycles. The van der Waals surface area contributed by atoms with E-state index in [-0.39, 0.29) is 0 Å². The Morgan fingerprint density at radius 1 is 1.10 bits per heavy atom. The SMILES string of the molecule is C/C=C\C1=N/CNc2ccc(C)c(c2)COC/C=C/Cn2ccc3ccc1cc32. The molecule has 1 aromatic heterocycles. The number of nitrogens with zero attached hydrogens (tertiary/aromatic N) is 2. The van der Waals surface area contributed by atoms with E-state index in [1.165, 1.54) is 22.0 Å². The number of rotatable bonds is 1. The van der Waals surface area contributed by atoms with E-state index in [1.807, 2.05) is 13.0 Å². The van der Waals surface area contributed by atoms with Gasteiger partial charge in [0.1, 0.15) is 6.67 Å². The molecule has 1 aliphatic rings. The monoisotopic (exact) mass is 385 g/mol. The van der Waals surface area contributed by atoms with Crippen LogP contribution in [0, 0.1) is 6.92 Å². The van der Waals surface area contributed by atoms with Crippen molar-refractivity contribution in [1.29, 1.82) is 0 Å². The zero-order valence-corrected chi connectivity index (χ0v) is 17.1. The summed E-state index contributed by atoms with van der Waals surface area (Å²) >= 11 is 0. The van der Waals surface area contributed by atoms with Crippen LogP contribution < -0.4 is 5.32 Å². The summed E-state index contributed by atoms with van der Waals surface area (Å²) in [6.07, 6.45) is 10.5. The van der Waals surface area contributed by atoms with Crippen LogP contribution >= 0.6 is 0 Å². The van der Waals surface area contributed by atoms with Crippen molar-refractivity contribution >= 4 is 22.3 Å². The zero-order chi connectivity index (χ0) is 20.1. The second kappa shape index (κ2) is 8.93. The highest BCUT2D eigenvalue weighted by molar-refractivity contribution is 6.10. The van der Waals surface area contributed by atoms with Crippen molar-refractivity contribution in [2.24, 2.45) is 4.99 Å². The maximum absolute atomic E-state index is 5.87. The Kier molecular flexibility index (Phi) is 5.92. The van der Waals surface area contributed by atoms with E-state index in [2.05, 4.69) is 83.7 Å². The summed E-state index contributed by atoms with van der Waals surface area (Å²) in [6.45, 7) is 6.69. The quantitative estimate of drug-likeness (QED) is 0.564. The molecule has 0 fully saturated rings. The van der Waals surface area contributed by atoms with Gasteiger partial charge in [0.05, 0.1) is 18.9 Å². The molecule has 0 spiro atoms. The lowest BCUT2D eigenvalue weighted by Crippen LogP contribution is -2.05. The molecule has 2 heterocycles. The number of ether oxygens (including phenoxy) is 1. The van der Waals surface area contributed by atoms with E-state index < -0.39 is 0 Å². The third-order valence-corrected chi connectivity index (χ3v) is 5.22. The fourth-order valence-electron chi connectivity index (χ4n) is 3.55. The number of hydrogen-bond donors (Lipinski definition) is 1. The first-order valence-corrected chi connectivity index (χ1v) is 10.1. The molecule has 29 heavy (non-hydrogen) atoms. The Morgan fingerprint density at radius 3 is 2.93 bits per heavy atom. The number of hydrogen-bond acceptors (Lipinski definition) is 3. The molecule has 2 aromatic carbocycles. The predicted molar refractivity (Wildman–Crippen MR) is 122 cm³/mol. The summed E-state index contributed by atoms with van der Waals surface area (Å²) in [7, 11) is 0. The molecule has 4 bridgehead atoms. The minimum Gasteiger partial charge on any atom is -0.373 e. The van der Waals surface area contributed by atoms with Gasteiger partial charge in [-0.3, -0.25) is 4.99 Å². The minimum absolute atomic E-state index is 0.517. The van der Waals surface area contributed by atoms with Crippen LogP contribution in [0.15, 0.2) is 78.0 Å². The molecule has 1 N–H and O–H groups in total. The molecule has 0 radical (unpaired) electrons. The Bertz CT molecular complexity index is 1090. The lowest BCUT2D eigenvalue weighted by Gasteiger charge is -2.10. The Morgan fingerprint density at radius 2 is 2.03 bits per heavy atom. The summed E-state index contributed by atoms with van der Waals surface area (Å²) in [6, 6.07) is 15.1. The van der Waals surface area contributed by atoms with E-state index in [9.17, 15) is 0 Å². The molecule has 1 aliphatic heterocycles. The molecule has 4 nitrogen and oxygen atoms in total. The molecule has 0 saturated carbocycles. The number of aryl methyl sites for hydroxylation is 1. The van der Waals surface area contributed by atoms with Crippen LogP contribution in [0.3, 0.4) is 0 Å². The van der Waals surface area contributed by atoms with E-state index >= 15 is 0 Å². The van der Waals surface area contributed by atoms with Gasteiger partial charge in [0.2, 0.25) is 0 Å². The summed E-state index contributed by atoms with van der Waals surface area (Å²) in [5.74, 6) is 0. The molecule has 0 amide bonds. The van der Waals surface area contributed by atoms with Crippen LogP contribution in [0.25, 0.3) is 10.9 Å². The van der Waals surface area contributed by atoms with Crippen molar-refractivity contribution in [2.45, 2.75) is 27.0 Å². The van der Waals surface area contributed by atoms with Crippen molar-refractivity contribution < 1.29 is 4.74 Å². The lowest BCUT2D eigenvalue weighted by atomic mass is 10.1. The molecule has 4 heteroatoms. The highest BCUT2D eigenvalue weighted by Crippen LogP contribution is 2.20. The molecule has 0 unspecified atom stereocenters. The van der Waals surface area contributed by atoms with Gasteiger partial charge >= 0.3 is 0 Å². The van der Waals surface area contributed by atoms with Crippen LogP contribution in [-0.2, 0) is 17.9 Å². The van der Waals surface area contributed by atoms with Gasteiger partial charge in [-0.1, -0.05) is 36.4 Å². The van der Waals surface area contributed by atoms with Crippen molar-refractivity contribution in [3.05, 3.63) is 89.7 Å². The zero-order valence-electron chi connectivity index (χ0n) is 17.1. The smallest absolute Gasteiger partial charge is 0.108 e. The molecule has 4 rings (SSSR count). The summed E-state index contributed by atoms with van der Waals surface area (Å²) in [5.41, 5.74) is 6.81. The number of anilines is 1. The third-order valence-electron chi connectivity index (χ3n) is 5.22. The normalized spacial score (nSPS) is 18.3. The number of fused-ring (bicyclic) bond motifs is 3. The molecular weight excluding hydrogens is 358 g/mol. The standard InChI is InChI=1S/C25H27N3O/c1-3-6-24-21-9-8-20-11-13-28(25(20)16-21)12-4-5-14-29-17-22-15-23(26-18-27-24)10-7-19(22)2/h3-11,13,15-16,26H,12,14,17-18H2,1-2H3/b5-4+,6-3-,27-24+. The summed E-state index contributed by atoms with van der Waals surface area (Å²) in [5, 5.41) is 4.66. The first-order chi connectivity index (χ1) is 14.2. The second-order valence-electron chi connectivity index (χ2n) is 7.25. The van der Waals surface area contributed by atoms with Gasteiger partial charge in [0.15, 0.2) is 0 Å². The van der Waals surface area contributed by atoms with Gasteiger partial charge < -0.3 is 14.6 Å². The van der Waals surface area contributed by atoms with Gasteiger partial charge in [-0.2, -0.15) is 0 Å². The average molecular weight is 386 g/mol. The van der Waals surface area contributed by atoms with Gasteiger partial charge in [0, 0.05) is 29.5 Å². The fourth-order valence-corrected chi connectivity index (χ4v) is 3.55. The van der Waals surface area contributed by atoms with E-state index in [0.29, 0.717) is 19.9 Å². The van der Waals surface area contributed by atoms with Crippen LogP contribution in [0.1, 0.15) is 23.6 Å². The van der Waals surface area contributed by atoms with E-state index in [1.54, 1.807) is 0 Å². The highest BCUT2D eigenvalue weighted by Gasteiger charge is 2.06. The van der Waals surface area contributed by atoms with Crippen LogP contribution in [0.2, 0.25) is 0 Å². The Balaban J connectivity index is 1.72. The molecule has 148 valence electrons. The number of allylic oxidation sites excluding steroid dienone is 3. The number of aromatic nitrogens is 1. The average Bonchev–Trinajstić information content (AvgIpc) is 3.13. The van der Waals surface area contributed by atoms with Crippen LogP contribution in [-0.4, -0.2) is 23.6 Å². The van der Waals surface area contributed by atoms with Crippen molar-refractivity contribution in [3.8, 4) is 0 Å². The first kappa shape index (κ1) is 19.2. The molecule has 0 atom stereocenters. The molecular formula is C25H27N3O. The van der Waals surface area contributed by atoms with Crippen molar-refractivity contribution in [3.63, 3.8) is 0 Å². The van der Waals surface area contributed by atoms with Gasteiger partial charge in [-0.05, 0) is 60.7 Å². The summed E-state index contributed by atoms with van der Waals surface area (Å²) < 4.78 is 8.12. The Labute approximate surface area is 172 Å². The van der Waals surface area contributed by atoms with E-state index in [0.717, 1.165) is 23.5 Å². The van der Waals surface area contributed by atoms with Gasteiger partial charge in [-0.25, -0.2) is 0 Å².